The first-order valence-electron chi connectivity index (χ1n) is 8.34. The summed E-state index contributed by atoms with van der Waals surface area (Å²) < 4.78 is 31.0. The molecule has 3 rings (SSSR count). The minimum Gasteiger partial charge on any atom is -0.376 e. The van der Waals surface area contributed by atoms with Crippen LogP contribution >= 0.6 is 0 Å². The van der Waals surface area contributed by atoms with Gasteiger partial charge in [0.2, 0.25) is 10.0 Å². The van der Waals surface area contributed by atoms with E-state index in [0.717, 1.165) is 39.1 Å². The van der Waals surface area contributed by atoms with Gasteiger partial charge >= 0.3 is 0 Å². The number of hydrogen-bond donors (Lipinski definition) is 1. The highest BCUT2D eigenvalue weighted by Gasteiger charge is 2.40. The second-order valence-corrected chi connectivity index (χ2v) is 8.57. The Morgan fingerprint density at radius 3 is 2.83 bits per heavy atom. The number of likely N-dealkylation sites (tertiary alicyclic amines) is 1. The fraction of sp³-hybridized carbons (Fsp3) is 0.647. The van der Waals surface area contributed by atoms with E-state index in [2.05, 4.69) is 33.9 Å². The Kier molecular flexibility index (Phi) is 5.36. The average Bonchev–Trinajstić information content (AvgIpc) is 2.94. The molecule has 0 bridgehead atoms. The summed E-state index contributed by atoms with van der Waals surface area (Å²) in [6.45, 7) is 4.34. The number of fused-ring (bicyclic) bond motifs is 1. The molecule has 0 spiro atoms. The lowest BCUT2D eigenvalue weighted by atomic mass is 9.84. The summed E-state index contributed by atoms with van der Waals surface area (Å²) in [5.41, 5.74) is 1.37. The standard InChI is InChI=1S/C17H26N2O3S/c1-23(20,21)18-11-17-16-12-19(10-8-15(16)13-22-17)9-7-14-5-3-2-4-6-14/h2-6,15-18H,7-13H2,1H3/t15-,16-,17+/m0/s1. The second kappa shape index (κ2) is 7.30. The van der Waals surface area contributed by atoms with Crippen molar-refractivity contribution in [2.75, 3.05) is 39.0 Å². The topological polar surface area (TPSA) is 58.6 Å². The van der Waals surface area contributed by atoms with Crippen molar-refractivity contribution < 1.29 is 13.2 Å². The Bertz CT molecular complexity index is 606. The summed E-state index contributed by atoms with van der Waals surface area (Å²) in [5, 5.41) is 0. The van der Waals surface area contributed by atoms with Gasteiger partial charge < -0.3 is 9.64 Å². The van der Waals surface area contributed by atoms with Crippen LogP contribution in [0.1, 0.15) is 12.0 Å². The quantitative estimate of drug-likeness (QED) is 0.844. The molecule has 2 fully saturated rings. The normalized spacial score (nSPS) is 28.7. The molecule has 0 unspecified atom stereocenters. The molecule has 3 atom stereocenters. The van der Waals surface area contributed by atoms with Crippen LogP contribution in [-0.4, -0.2) is 58.5 Å². The molecule has 0 amide bonds. The molecule has 1 aromatic carbocycles. The first-order valence-corrected chi connectivity index (χ1v) is 10.2. The zero-order chi connectivity index (χ0) is 16.3. The Morgan fingerprint density at radius 2 is 2.09 bits per heavy atom. The predicted octanol–water partition coefficient (Wildman–Crippen LogP) is 1.12. The Labute approximate surface area is 139 Å². The third-order valence-corrected chi connectivity index (χ3v) is 5.69. The maximum absolute atomic E-state index is 11.3. The molecule has 1 aromatic rings. The first-order chi connectivity index (χ1) is 11.0. The van der Waals surface area contributed by atoms with E-state index in [0.29, 0.717) is 18.4 Å². The first kappa shape index (κ1) is 16.9. The molecular weight excluding hydrogens is 312 g/mol. The maximum atomic E-state index is 11.3. The highest BCUT2D eigenvalue weighted by Crippen LogP contribution is 2.34. The van der Waals surface area contributed by atoms with Gasteiger partial charge in [-0.25, -0.2) is 13.1 Å². The number of nitrogens with zero attached hydrogens (tertiary/aromatic N) is 1. The van der Waals surface area contributed by atoms with Gasteiger partial charge in [0.25, 0.3) is 0 Å². The lowest BCUT2D eigenvalue weighted by Gasteiger charge is -2.36. The average molecular weight is 338 g/mol. The van der Waals surface area contributed by atoms with E-state index in [1.54, 1.807) is 0 Å². The van der Waals surface area contributed by atoms with Crippen LogP contribution in [-0.2, 0) is 21.2 Å². The van der Waals surface area contributed by atoms with E-state index >= 15 is 0 Å². The summed E-state index contributed by atoms with van der Waals surface area (Å²) >= 11 is 0. The van der Waals surface area contributed by atoms with Crippen molar-refractivity contribution in [1.82, 2.24) is 9.62 Å². The fourth-order valence-electron chi connectivity index (χ4n) is 3.68. The van der Waals surface area contributed by atoms with Gasteiger partial charge in [0.05, 0.1) is 19.0 Å². The molecule has 0 aliphatic carbocycles. The van der Waals surface area contributed by atoms with Crippen LogP contribution in [0, 0.1) is 11.8 Å². The molecule has 2 aliphatic rings. The number of ether oxygens (including phenoxy) is 1. The minimum atomic E-state index is -3.15. The summed E-state index contributed by atoms with van der Waals surface area (Å²) in [7, 11) is -3.15. The summed E-state index contributed by atoms with van der Waals surface area (Å²) in [4.78, 5) is 2.50. The molecule has 2 heterocycles. The van der Waals surface area contributed by atoms with Crippen molar-refractivity contribution in [1.29, 1.82) is 0 Å². The van der Waals surface area contributed by atoms with E-state index in [4.69, 9.17) is 4.74 Å². The van der Waals surface area contributed by atoms with Crippen LogP contribution in [0.25, 0.3) is 0 Å². The SMILES string of the molecule is CS(=O)(=O)NC[C@H]1OC[C@@H]2CCN(CCc3ccccc3)C[C@@H]21. The summed E-state index contributed by atoms with van der Waals surface area (Å²) in [6.07, 6.45) is 3.42. The lowest BCUT2D eigenvalue weighted by molar-refractivity contribution is 0.0797. The van der Waals surface area contributed by atoms with Crippen LogP contribution in [0.3, 0.4) is 0 Å². The largest absolute Gasteiger partial charge is 0.376 e. The molecular formula is C17H26N2O3S. The van der Waals surface area contributed by atoms with Gasteiger partial charge in [0.15, 0.2) is 0 Å². The molecule has 128 valence electrons. The molecule has 23 heavy (non-hydrogen) atoms. The molecule has 5 nitrogen and oxygen atoms in total. The zero-order valence-electron chi connectivity index (χ0n) is 13.6. The molecule has 2 saturated heterocycles. The van der Waals surface area contributed by atoms with Gasteiger partial charge in [0, 0.05) is 25.6 Å². The Morgan fingerprint density at radius 1 is 1.30 bits per heavy atom. The van der Waals surface area contributed by atoms with Gasteiger partial charge in [-0.3, -0.25) is 0 Å². The number of piperidine rings is 1. The van der Waals surface area contributed by atoms with E-state index in [1.807, 2.05) is 6.07 Å². The highest BCUT2D eigenvalue weighted by molar-refractivity contribution is 7.88. The Balaban J connectivity index is 1.52. The monoisotopic (exact) mass is 338 g/mol. The number of nitrogens with one attached hydrogen (secondary N) is 1. The Hall–Kier alpha value is -0.950. The van der Waals surface area contributed by atoms with Gasteiger partial charge in [-0.2, -0.15) is 0 Å². The molecule has 6 heteroatoms. The van der Waals surface area contributed by atoms with Crippen molar-refractivity contribution in [2.24, 2.45) is 11.8 Å². The van der Waals surface area contributed by atoms with Crippen LogP contribution in [0.15, 0.2) is 30.3 Å². The van der Waals surface area contributed by atoms with Gasteiger partial charge in [-0.1, -0.05) is 30.3 Å². The maximum Gasteiger partial charge on any atom is 0.208 e. The number of rotatable bonds is 6. The van der Waals surface area contributed by atoms with E-state index < -0.39 is 10.0 Å². The molecule has 0 radical (unpaired) electrons. The van der Waals surface area contributed by atoms with Crippen molar-refractivity contribution >= 4 is 10.0 Å². The van der Waals surface area contributed by atoms with E-state index in [9.17, 15) is 8.42 Å². The molecule has 1 N–H and O–H groups in total. The van der Waals surface area contributed by atoms with Crippen LogP contribution in [0.2, 0.25) is 0 Å². The number of benzene rings is 1. The third-order valence-electron chi connectivity index (χ3n) is 5.00. The summed E-state index contributed by atoms with van der Waals surface area (Å²) in [5.74, 6) is 1.02. The van der Waals surface area contributed by atoms with Crippen LogP contribution in [0.5, 0.6) is 0 Å². The van der Waals surface area contributed by atoms with Crippen LogP contribution < -0.4 is 4.72 Å². The summed E-state index contributed by atoms with van der Waals surface area (Å²) in [6, 6.07) is 10.6. The van der Waals surface area contributed by atoms with Gasteiger partial charge in [-0.15, -0.1) is 0 Å². The van der Waals surface area contributed by atoms with Crippen LogP contribution in [0.4, 0.5) is 0 Å². The zero-order valence-corrected chi connectivity index (χ0v) is 14.5. The van der Waals surface area contributed by atoms with Crippen molar-refractivity contribution in [3.8, 4) is 0 Å². The van der Waals surface area contributed by atoms with E-state index in [-0.39, 0.29) is 6.10 Å². The minimum absolute atomic E-state index is 0.00857. The number of sulfonamides is 1. The third kappa shape index (κ3) is 4.76. The fourth-order valence-corrected chi connectivity index (χ4v) is 4.15. The van der Waals surface area contributed by atoms with Gasteiger partial charge in [0.1, 0.15) is 0 Å². The molecule has 2 aliphatic heterocycles. The predicted molar refractivity (Wildman–Crippen MR) is 90.8 cm³/mol. The van der Waals surface area contributed by atoms with E-state index in [1.165, 1.54) is 11.8 Å². The highest BCUT2D eigenvalue weighted by atomic mass is 32.2. The number of hydrogen-bond acceptors (Lipinski definition) is 4. The molecule has 0 saturated carbocycles. The van der Waals surface area contributed by atoms with Crippen molar-refractivity contribution in [3.63, 3.8) is 0 Å². The lowest BCUT2D eigenvalue weighted by Crippen LogP contribution is -2.45. The van der Waals surface area contributed by atoms with Crippen molar-refractivity contribution in [2.45, 2.75) is 18.9 Å². The smallest absolute Gasteiger partial charge is 0.208 e. The second-order valence-electron chi connectivity index (χ2n) is 6.74. The van der Waals surface area contributed by atoms with Gasteiger partial charge in [-0.05, 0) is 30.9 Å². The van der Waals surface area contributed by atoms with Crippen molar-refractivity contribution in [3.05, 3.63) is 35.9 Å². The molecule has 0 aromatic heterocycles.